The van der Waals surface area contributed by atoms with Crippen LogP contribution in [0.5, 0.6) is 5.75 Å². The van der Waals surface area contributed by atoms with Crippen LogP contribution in [0.15, 0.2) is 53.5 Å². The molecule has 0 atom stereocenters. The maximum absolute atomic E-state index is 12.8. The van der Waals surface area contributed by atoms with Crippen LogP contribution in [0.2, 0.25) is 10.0 Å². The second-order valence-electron chi connectivity index (χ2n) is 8.41. The number of hydrogen-bond donors (Lipinski definition) is 3. The van der Waals surface area contributed by atoms with Crippen molar-refractivity contribution >= 4 is 45.9 Å². The predicted octanol–water partition coefficient (Wildman–Crippen LogP) is 4.11. The molecule has 2 aromatic carbocycles. The third kappa shape index (κ3) is 4.88. The molecule has 4 aromatic rings. The molecular weight excluding hydrogens is 489 g/mol. The minimum atomic E-state index is -0.586. The van der Waals surface area contributed by atoms with Gasteiger partial charge in [-0.1, -0.05) is 29.3 Å². The lowest BCUT2D eigenvalue weighted by Crippen LogP contribution is -2.35. The largest absolute Gasteiger partial charge is 0.490 e. The SMILES string of the molecule is CN1CCC(Oc2ccc(Nc3ncc4c(=N)n(-c5c(Cl)cccc5Cl)c(=O)[nH]c4n3)cc2)CC1. The van der Waals surface area contributed by atoms with Crippen molar-refractivity contribution in [3.05, 3.63) is 74.7 Å². The first-order valence-corrected chi connectivity index (χ1v) is 11.9. The fraction of sp³-hybridized carbons (Fsp3) is 0.250. The minimum Gasteiger partial charge on any atom is -0.490 e. The van der Waals surface area contributed by atoms with Gasteiger partial charge in [0.05, 0.1) is 21.1 Å². The summed E-state index contributed by atoms with van der Waals surface area (Å²) in [4.78, 5) is 26.5. The van der Waals surface area contributed by atoms with E-state index in [0.29, 0.717) is 5.39 Å². The van der Waals surface area contributed by atoms with Crippen LogP contribution < -0.4 is 21.2 Å². The molecule has 0 saturated carbocycles. The molecule has 3 N–H and O–H groups in total. The van der Waals surface area contributed by atoms with Gasteiger partial charge < -0.3 is 15.0 Å². The molecule has 1 aliphatic rings. The van der Waals surface area contributed by atoms with E-state index in [1.54, 1.807) is 18.2 Å². The average Bonchev–Trinajstić information content (AvgIpc) is 2.83. The molecule has 0 spiro atoms. The van der Waals surface area contributed by atoms with Gasteiger partial charge in [-0.25, -0.2) is 14.3 Å². The van der Waals surface area contributed by atoms with Crippen LogP contribution in [0.3, 0.4) is 0 Å². The Morgan fingerprint density at radius 3 is 2.49 bits per heavy atom. The number of hydrogen-bond acceptors (Lipinski definition) is 7. The smallest absolute Gasteiger partial charge is 0.333 e. The number of nitrogens with one attached hydrogen (secondary N) is 3. The van der Waals surface area contributed by atoms with Gasteiger partial charge in [0.1, 0.15) is 17.3 Å². The van der Waals surface area contributed by atoms with E-state index in [0.717, 1.165) is 41.9 Å². The first-order valence-electron chi connectivity index (χ1n) is 11.1. The Kier molecular flexibility index (Phi) is 6.46. The van der Waals surface area contributed by atoms with Crippen molar-refractivity contribution in [2.75, 3.05) is 25.5 Å². The maximum Gasteiger partial charge on any atom is 0.333 e. The number of benzene rings is 2. The number of nitrogens with zero attached hydrogens (tertiary/aromatic N) is 4. The van der Waals surface area contributed by atoms with E-state index in [-0.39, 0.29) is 38.9 Å². The molecule has 9 nitrogen and oxygen atoms in total. The highest BCUT2D eigenvalue weighted by Crippen LogP contribution is 2.27. The number of aromatic amines is 1. The summed E-state index contributed by atoms with van der Waals surface area (Å²) in [5, 5.41) is 12.5. The highest BCUT2D eigenvalue weighted by Gasteiger charge is 2.18. The van der Waals surface area contributed by atoms with Gasteiger partial charge in [0.25, 0.3) is 0 Å². The minimum absolute atomic E-state index is 0.124. The van der Waals surface area contributed by atoms with Crippen molar-refractivity contribution in [1.29, 1.82) is 5.41 Å². The van der Waals surface area contributed by atoms with E-state index < -0.39 is 5.69 Å². The summed E-state index contributed by atoms with van der Waals surface area (Å²) in [7, 11) is 2.12. The van der Waals surface area contributed by atoms with Crippen molar-refractivity contribution in [1.82, 2.24) is 24.4 Å². The first kappa shape index (κ1) is 23.3. The van der Waals surface area contributed by atoms with E-state index in [4.69, 9.17) is 33.3 Å². The quantitative estimate of drug-likeness (QED) is 0.371. The molecule has 1 aliphatic heterocycles. The molecule has 1 saturated heterocycles. The van der Waals surface area contributed by atoms with Crippen molar-refractivity contribution < 1.29 is 4.74 Å². The molecule has 11 heteroatoms. The number of ether oxygens (including phenoxy) is 1. The molecule has 0 unspecified atom stereocenters. The van der Waals surface area contributed by atoms with Crippen molar-refractivity contribution in [3.8, 4) is 11.4 Å². The number of H-pyrrole nitrogens is 1. The van der Waals surface area contributed by atoms with E-state index >= 15 is 0 Å². The molecule has 0 radical (unpaired) electrons. The summed E-state index contributed by atoms with van der Waals surface area (Å²) in [5.41, 5.74) is 0.508. The standard InChI is InChI=1S/C24H23Cl2N7O2/c1-32-11-9-16(10-12-32)35-15-7-5-14(6-8-15)29-23-28-13-17-21(27)33(24(34)31-22(17)30-23)20-18(25)3-2-4-19(20)26/h2-8,13,16,27H,9-12H2,1H3,(H2,28,29,30,31,34). The van der Waals surface area contributed by atoms with Crippen LogP contribution in [0.4, 0.5) is 11.6 Å². The Bertz CT molecular complexity index is 1470. The number of para-hydroxylation sites is 1. The van der Waals surface area contributed by atoms with Crippen LogP contribution in [-0.2, 0) is 0 Å². The predicted molar refractivity (Wildman–Crippen MR) is 136 cm³/mol. The number of aromatic nitrogens is 4. The summed E-state index contributed by atoms with van der Waals surface area (Å²) in [5.74, 6) is 1.10. The lowest BCUT2D eigenvalue weighted by Gasteiger charge is -2.29. The van der Waals surface area contributed by atoms with Crippen LogP contribution in [-0.4, -0.2) is 50.7 Å². The van der Waals surface area contributed by atoms with E-state index in [1.165, 1.54) is 6.20 Å². The Morgan fingerprint density at radius 2 is 1.80 bits per heavy atom. The molecule has 3 heterocycles. The van der Waals surface area contributed by atoms with Gasteiger partial charge in [-0.05, 0) is 56.3 Å². The van der Waals surface area contributed by atoms with Gasteiger partial charge in [-0.15, -0.1) is 0 Å². The zero-order valence-corrected chi connectivity index (χ0v) is 20.4. The first-order chi connectivity index (χ1) is 16.9. The summed E-state index contributed by atoms with van der Waals surface area (Å²) >= 11 is 12.5. The average molecular weight is 512 g/mol. The fourth-order valence-electron chi connectivity index (χ4n) is 4.05. The molecule has 1 fully saturated rings. The number of anilines is 2. The molecule has 5 rings (SSSR count). The summed E-state index contributed by atoms with van der Waals surface area (Å²) < 4.78 is 7.19. The molecule has 0 aliphatic carbocycles. The van der Waals surface area contributed by atoms with Crippen molar-refractivity contribution in [2.45, 2.75) is 18.9 Å². The zero-order valence-electron chi connectivity index (χ0n) is 18.9. The van der Waals surface area contributed by atoms with Crippen LogP contribution >= 0.6 is 23.2 Å². The second-order valence-corrected chi connectivity index (χ2v) is 9.22. The maximum atomic E-state index is 12.8. The Hall–Kier alpha value is -3.40. The number of fused-ring (bicyclic) bond motifs is 1. The molecular formula is C24H23Cl2N7O2. The van der Waals surface area contributed by atoms with Gasteiger partial charge in [-0.2, -0.15) is 4.98 Å². The summed E-state index contributed by atoms with van der Waals surface area (Å²) in [6, 6.07) is 12.5. The highest BCUT2D eigenvalue weighted by molar-refractivity contribution is 6.37. The van der Waals surface area contributed by atoms with Gasteiger partial charge in [0, 0.05) is 25.0 Å². The molecule has 0 amide bonds. The topological polar surface area (TPSA) is 112 Å². The summed E-state index contributed by atoms with van der Waals surface area (Å²) in [6.07, 6.45) is 3.73. The molecule has 2 aromatic heterocycles. The Balaban J connectivity index is 1.38. The van der Waals surface area contributed by atoms with Crippen LogP contribution in [0, 0.1) is 5.41 Å². The van der Waals surface area contributed by atoms with Crippen molar-refractivity contribution in [3.63, 3.8) is 0 Å². The van der Waals surface area contributed by atoms with Crippen molar-refractivity contribution in [2.24, 2.45) is 0 Å². The molecule has 180 valence electrons. The van der Waals surface area contributed by atoms with E-state index in [2.05, 4.69) is 32.2 Å². The van der Waals surface area contributed by atoms with Gasteiger partial charge in [-0.3, -0.25) is 10.4 Å². The number of piperidine rings is 1. The number of likely N-dealkylation sites (tertiary alicyclic amines) is 1. The highest BCUT2D eigenvalue weighted by atomic mass is 35.5. The summed E-state index contributed by atoms with van der Waals surface area (Å²) in [6.45, 7) is 2.08. The van der Waals surface area contributed by atoms with Gasteiger partial charge in [0.2, 0.25) is 5.95 Å². The van der Waals surface area contributed by atoms with Crippen LogP contribution in [0.1, 0.15) is 12.8 Å². The Labute approximate surface area is 210 Å². The van der Waals surface area contributed by atoms with E-state index in [9.17, 15) is 4.79 Å². The monoisotopic (exact) mass is 511 g/mol. The molecule has 0 bridgehead atoms. The van der Waals surface area contributed by atoms with Gasteiger partial charge in [0.15, 0.2) is 5.65 Å². The fourth-order valence-corrected chi connectivity index (χ4v) is 4.61. The third-order valence-electron chi connectivity index (χ3n) is 5.94. The van der Waals surface area contributed by atoms with Gasteiger partial charge >= 0.3 is 5.69 Å². The lowest BCUT2D eigenvalue weighted by atomic mass is 10.1. The van der Waals surface area contributed by atoms with E-state index in [1.807, 2.05) is 24.3 Å². The number of halogens is 2. The Morgan fingerprint density at radius 1 is 1.11 bits per heavy atom. The van der Waals surface area contributed by atoms with Crippen LogP contribution in [0.25, 0.3) is 16.7 Å². The third-order valence-corrected chi connectivity index (χ3v) is 6.55. The second kappa shape index (κ2) is 9.69. The normalized spacial score (nSPS) is 14.8. The zero-order chi connectivity index (χ0) is 24.5. The lowest BCUT2D eigenvalue weighted by molar-refractivity contribution is 0.114. The number of rotatable bonds is 5. The molecule has 35 heavy (non-hydrogen) atoms.